The minimum Gasteiger partial charge on any atom is -0.398 e. The molecule has 1 aromatic carbocycles. The highest BCUT2D eigenvalue weighted by molar-refractivity contribution is 9.10. The van der Waals surface area contributed by atoms with E-state index in [0.717, 1.165) is 12.8 Å². The van der Waals surface area contributed by atoms with Crippen LogP contribution in [0.5, 0.6) is 0 Å². The molecule has 104 valence electrons. The Morgan fingerprint density at radius 1 is 1.26 bits per heavy atom. The molecule has 1 aliphatic carbocycles. The van der Waals surface area contributed by atoms with Gasteiger partial charge in [-0.15, -0.1) is 0 Å². The van der Waals surface area contributed by atoms with E-state index in [1.54, 1.807) is 18.2 Å². The first-order chi connectivity index (χ1) is 8.97. The van der Waals surface area contributed by atoms with E-state index in [4.69, 9.17) is 5.73 Å². The van der Waals surface area contributed by atoms with Crippen molar-refractivity contribution in [2.45, 2.75) is 39.2 Å². The number of hydrogen-bond donors (Lipinski definition) is 2. The molecule has 3 nitrogen and oxygen atoms in total. The average Bonchev–Trinajstić information content (AvgIpc) is 2.31. The van der Waals surface area contributed by atoms with Gasteiger partial charge in [-0.25, -0.2) is 0 Å². The molecule has 4 heteroatoms. The molecule has 0 radical (unpaired) electrons. The first kappa shape index (κ1) is 14.4. The van der Waals surface area contributed by atoms with Gasteiger partial charge in [0, 0.05) is 11.7 Å². The molecule has 3 N–H and O–H groups in total. The minimum absolute atomic E-state index is 0.0366. The number of nitrogens with one attached hydrogen (secondary N) is 1. The van der Waals surface area contributed by atoms with Crippen LogP contribution in [-0.2, 0) is 0 Å². The number of carbonyl (C=O) groups is 1. The van der Waals surface area contributed by atoms with Crippen LogP contribution < -0.4 is 11.1 Å². The maximum atomic E-state index is 12.3. The van der Waals surface area contributed by atoms with Gasteiger partial charge in [0.25, 0.3) is 5.91 Å². The Morgan fingerprint density at radius 3 is 2.53 bits per heavy atom. The monoisotopic (exact) mass is 324 g/mol. The summed E-state index contributed by atoms with van der Waals surface area (Å²) >= 11 is 3.38. The number of nitrogens with two attached hydrogens (primary N) is 1. The summed E-state index contributed by atoms with van der Waals surface area (Å²) in [6.07, 6.45) is 3.39. The Hall–Kier alpha value is -1.03. The predicted molar refractivity (Wildman–Crippen MR) is 82.0 cm³/mol. The van der Waals surface area contributed by atoms with Crippen molar-refractivity contribution in [1.82, 2.24) is 5.32 Å². The summed E-state index contributed by atoms with van der Waals surface area (Å²) in [6, 6.07) is 5.66. The van der Waals surface area contributed by atoms with Crippen molar-refractivity contribution >= 4 is 27.5 Å². The molecule has 0 spiro atoms. The number of amides is 1. The molecule has 1 saturated carbocycles. The number of nitrogen functional groups attached to an aromatic ring is 1. The summed E-state index contributed by atoms with van der Waals surface area (Å²) in [7, 11) is 0. The van der Waals surface area contributed by atoms with Crippen LogP contribution in [0.1, 0.15) is 43.5 Å². The quantitative estimate of drug-likeness (QED) is 0.817. The standard InChI is InChI=1S/C15H21BrN2O/c1-9-6-10(2)8-11(7-9)18-15(19)12-4-3-5-13(17)14(12)16/h3-5,9-11H,6-8,17H2,1-2H3,(H,18,19). The molecule has 0 saturated heterocycles. The first-order valence-electron chi connectivity index (χ1n) is 6.82. The summed E-state index contributed by atoms with van der Waals surface area (Å²) in [5.41, 5.74) is 7.02. The minimum atomic E-state index is -0.0366. The summed E-state index contributed by atoms with van der Waals surface area (Å²) in [5.74, 6) is 1.32. The molecule has 2 rings (SSSR count). The van der Waals surface area contributed by atoms with Crippen molar-refractivity contribution in [1.29, 1.82) is 0 Å². The third-order valence-corrected chi connectivity index (χ3v) is 4.67. The van der Waals surface area contributed by atoms with Gasteiger partial charge < -0.3 is 11.1 Å². The molecule has 2 atom stereocenters. The van der Waals surface area contributed by atoms with Crippen LogP contribution in [-0.4, -0.2) is 11.9 Å². The Morgan fingerprint density at radius 2 is 1.89 bits per heavy atom. The van der Waals surface area contributed by atoms with Gasteiger partial charge in [0.1, 0.15) is 0 Å². The van der Waals surface area contributed by atoms with Gasteiger partial charge in [0.05, 0.1) is 10.0 Å². The number of carbonyl (C=O) groups excluding carboxylic acids is 1. The number of halogens is 1. The van der Waals surface area contributed by atoms with E-state index in [0.29, 0.717) is 27.6 Å². The fourth-order valence-corrected chi connectivity index (χ4v) is 3.50. The van der Waals surface area contributed by atoms with Gasteiger partial charge in [-0.05, 0) is 59.2 Å². The van der Waals surface area contributed by atoms with Crippen molar-refractivity contribution in [2.75, 3.05) is 5.73 Å². The zero-order chi connectivity index (χ0) is 14.0. The highest BCUT2D eigenvalue weighted by Gasteiger charge is 2.25. The van der Waals surface area contributed by atoms with E-state index in [-0.39, 0.29) is 11.9 Å². The van der Waals surface area contributed by atoms with Crippen molar-refractivity contribution in [2.24, 2.45) is 11.8 Å². The normalized spacial score (nSPS) is 27.0. The molecular weight excluding hydrogens is 304 g/mol. The largest absolute Gasteiger partial charge is 0.398 e. The second-order valence-corrected chi connectivity index (χ2v) is 6.59. The lowest BCUT2D eigenvalue weighted by Gasteiger charge is -2.32. The number of hydrogen-bond acceptors (Lipinski definition) is 2. The maximum absolute atomic E-state index is 12.3. The molecule has 0 heterocycles. The summed E-state index contributed by atoms with van der Waals surface area (Å²) < 4.78 is 0.685. The second-order valence-electron chi connectivity index (χ2n) is 5.80. The summed E-state index contributed by atoms with van der Waals surface area (Å²) in [6.45, 7) is 4.51. The van der Waals surface area contributed by atoms with Gasteiger partial charge in [-0.2, -0.15) is 0 Å². The fraction of sp³-hybridized carbons (Fsp3) is 0.533. The van der Waals surface area contributed by atoms with Crippen LogP contribution in [0.3, 0.4) is 0 Å². The molecule has 19 heavy (non-hydrogen) atoms. The number of anilines is 1. The molecule has 1 aliphatic rings. The highest BCUT2D eigenvalue weighted by atomic mass is 79.9. The van der Waals surface area contributed by atoms with E-state index in [2.05, 4.69) is 35.1 Å². The predicted octanol–water partition coefficient (Wildman–Crippen LogP) is 3.59. The van der Waals surface area contributed by atoms with Crippen molar-refractivity contribution < 1.29 is 4.79 Å². The van der Waals surface area contributed by atoms with Gasteiger partial charge in [0.2, 0.25) is 0 Å². The first-order valence-corrected chi connectivity index (χ1v) is 7.61. The summed E-state index contributed by atoms with van der Waals surface area (Å²) in [5, 5.41) is 3.14. The van der Waals surface area contributed by atoms with E-state index in [9.17, 15) is 4.79 Å². The van der Waals surface area contributed by atoms with Crippen LogP contribution in [0.2, 0.25) is 0 Å². The Bertz CT molecular complexity index is 465. The van der Waals surface area contributed by atoms with Crippen LogP contribution in [0.4, 0.5) is 5.69 Å². The third-order valence-electron chi connectivity index (χ3n) is 3.79. The maximum Gasteiger partial charge on any atom is 0.252 e. The molecule has 0 aliphatic heterocycles. The lowest BCUT2D eigenvalue weighted by molar-refractivity contribution is 0.0910. The number of rotatable bonds is 2. The van der Waals surface area contributed by atoms with Gasteiger partial charge >= 0.3 is 0 Å². The van der Waals surface area contributed by atoms with Gasteiger partial charge in [0.15, 0.2) is 0 Å². The van der Waals surface area contributed by atoms with E-state index in [1.165, 1.54) is 6.42 Å². The van der Waals surface area contributed by atoms with Crippen molar-refractivity contribution in [3.8, 4) is 0 Å². The van der Waals surface area contributed by atoms with Crippen LogP contribution in [0, 0.1) is 11.8 Å². The Labute approximate surface area is 123 Å². The Kier molecular flexibility index (Phi) is 4.50. The average molecular weight is 325 g/mol. The molecule has 0 bridgehead atoms. The van der Waals surface area contributed by atoms with Gasteiger partial charge in [-0.1, -0.05) is 19.9 Å². The zero-order valence-electron chi connectivity index (χ0n) is 11.4. The van der Waals surface area contributed by atoms with Crippen molar-refractivity contribution in [3.63, 3.8) is 0 Å². The van der Waals surface area contributed by atoms with Gasteiger partial charge in [-0.3, -0.25) is 4.79 Å². The SMILES string of the molecule is CC1CC(C)CC(NC(=O)c2cccc(N)c2Br)C1. The van der Waals surface area contributed by atoms with Crippen molar-refractivity contribution in [3.05, 3.63) is 28.2 Å². The Balaban J connectivity index is 2.06. The molecule has 1 amide bonds. The second kappa shape index (κ2) is 5.95. The lowest BCUT2D eigenvalue weighted by Crippen LogP contribution is -2.40. The molecule has 2 unspecified atom stereocenters. The fourth-order valence-electron chi connectivity index (χ4n) is 3.05. The lowest BCUT2D eigenvalue weighted by atomic mass is 9.80. The number of benzene rings is 1. The molecule has 1 fully saturated rings. The molecule has 1 aromatic rings. The van der Waals surface area contributed by atoms with Crippen LogP contribution >= 0.6 is 15.9 Å². The van der Waals surface area contributed by atoms with Crippen LogP contribution in [0.15, 0.2) is 22.7 Å². The van der Waals surface area contributed by atoms with Crippen LogP contribution in [0.25, 0.3) is 0 Å². The van der Waals surface area contributed by atoms with E-state index < -0.39 is 0 Å². The molecule has 0 aromatic heterocycles. The smallest absolute Gasteiger partial charge is 0.252 e. The van der Waals surface area contributed by atoms with E-state index >= 15 is 0 Å². The summed E-state index contributed by atoms with van der Waals surface area (Å²) in [4.78, 5) is 12.3. The molecular formula is C15H21BrN2O. The highest BCUT2D eigenvalue weighted by Crippen LogP contribution is 2.29. The van der Waals surface area contributed by atoms with E-state index in [1.807, 2.05) is 0 Å². The zero-order valence-corrected chi connectivity index (χ0v) is 13.0. The topological polar surface area (TPSA) is 55.1 Å². The third kappa shape index (κ3) is 3.50.